The first kappa shape index (κ1) is 22.2. The van der Waals surface area contributed by atoms with E-state index in [1.54, 1.807) is 0 Å². The molecule has 148 valence electrons. The number of hydrogen-bond donors (Lipinski definition) is 2. The monoisotopic (exact) mass is 355 g/mol. The number of rotatable bonds is 11. The Morgan fingerprint density at radius 1 is 1.04 bits per heavy atom. The van der Waals surface area contributed by atoms with E-state index in [0.29, 0.717) is 12.0 Å². The van der Waals surface area contributed by atoms with E-state index in [0.717, 1.165) is 45.2 Å². The van der Waals surface area contributed by atoms with Gasteiger partial charge in [0.15, 0.2) is 5.96 Å². The lowest BCUT2D eigenvalue weighted by Gasteiger charge is -2.34. The highest BCUT2D eigenvalue weighted by Gasteiger charge is 2.15. The predicted octanol–water partition coefficient (Wildman–Crippen LogP) is 1.63. The molecular weight excluding hydrogens is 314 g/mol. The Hall–Kier alpha value is -0.850. The first-order chi connectivity index (χ1) is 12.1. The van der Waals surface area contributed by atoms with Crippen LogP contribution in [-0.2, 0) is 4.74 Å². The zero-order valence-corrected chi connectivity index (χ0v) is 17.2. The molecule has 1 unspecified atom stereocenters. The third kappa shape index (κ3) is 9.42. The molecule has 0 bridgehead atoms. The number of nitrogens with zero attached hydrogens (tertiary/aromatic N) is 3. The number of ether oxygens (including phenoxy) is 1. The first-order valence-corrected chi connectivity index (χ1v) is 10.2. The molecule has 25 heavy (non-hydrogen) atoms. The molecule has 0 aromatic carbocycles. The van der Waals surface area contributed by atoms with Gasteiger partial charge in [-0.25, -0.2) is 0 Å². The number of piperazine rings is 1. The molecule has 0 spiro atoms. The van der Waals surface area contributed by atoms with Gasteiger partial charge in [0.1, 0.15) is 0 Å². The topological polar surface area (TPSA) is 52.1 Å². The van der Waals surface area contributed by atoms with E-state index in [1.807, 2.05) is 0 Å². The van der Waals surface area contributed by atoms with Gasteiger partial charge in [0.2, 0.25) is 0 Å². The van der Waals surface area contributed by atoms with Gasteiger partial charge in [-0.3, -0.25) is 9.89 Å². The maximum atomic E-state index is 5.80. The summed E-state index contributed by atoms with van der Waals surface area (Å²) in [5.41, 5.74) is 0. The molecule has 0 aliphatic carbocycles. The molecule has 0 saturated carbocycles. The average Bonchev–Trinajstić information content (AvgIpc) is 2.61. The van der Waals surface area contributed by atoms with Crippen molar-refractivity contribution < 1.29 is 4.74 Å². The Morgan fingerprint density at radius 2 is 1.72 bits per heavy atom. The van der Waals surface area contributed by atoms with Crippen LogP contribution in [0.4, 0.5) is 0 Å². The van der Waals surface area contributed by atoms with Crippen molar-refractivity contribution in [2.75, 3.05) is 65.5 Å². The second kappa shape index (κ2) is 13.4. The molecule has 0 radical (unpaired) electrons. The van der Waals surface area contributed by atoms with E-state index in [9.17, 15) is 0 Å². The molecule has 1 aliphatic heterocycles. The highest BCUT2D eigenvalue weighted by molar-refractivity contribution is 5.79. The summed E-state index contributed by atoms with van der Waals surface area (Å²) < 4.78 is 5.80. The van der Waals surface area contributed by atoms with E-state index in [2.05, 4.69) is 55.1 Å². The normalized spacial score (nSPS) is 18.6. The van der Waals surface area contributed by atoms with Gasteiger partial charge in [0, 0.05) is 59.0 Å². The van der Waals surface area contributed by atoms with Crippen LogP contribution in [0.3, 0.4) is 0 Å². The van der Waals surface area contributed by atoms with Crippen LogP contribution in [0.1, 0.15) is 41.0 Å². The molecule has 2 N–H and O–H groups in total. The molecule has 6 nitrogen and oxygen atoms in total. The van der Waals surface area contributed by atoms with E-state index in [-0.39, 0.29) is 0 Å². The average molecular weight is 356 g/mol. The van der Waals surface area contributed by atoms with Gasteiger partial charge in [-0.1, -0.05) is 20.8 Å². The van der Waals surface area contributed by atoms with Crippen LogP contribution in [0.2, 0.25) is 0 Å². The van der Waals surface area contributed by atoms with Crippen molar-refractivity contribution in [3.8, 4) is 0 Å². The lowest BCUT2D eigenvalue weighted by Crippen LogP contribution is -2.49. The minimum Gasteiger partial charge on any atom is -0.378 e. The minimum absolute atomic E-state index is 0.298. The Kier molecular flexibility index (Phi) is 11.9. The number of likely N-dealkylation sites (N-methyl/N-ethyl adjacent to an activating group) is 1. The fraction of sp³-hybridized carbons (Fsp3) is 0.947. The van der Waals surface area contributed by atoms with Crippen molar-refractivity contribution in [1.29, 1.82) is 0 Å². The lowest BCUT2D eigenvalue weighted by atomic mass is 10.0. The summed E-state index contributed by atoms with van der Waals surface area (Å²) in [7, 11) is 0. The largest absolute Gasteiger partial charge is 0.378 e. The van der Waals surface area contributed by atoms with Gasteiger partial charge in [-0.2, -0.15) is 0 Å². The van der Waals surface area contributed by atoms with Gasteiger partial charge < -0.3 is 20.3 Å². The molecular formula is C19H41N5O. The van der Waals surface area contributed by atoms with Crippen LogP contribution in [0.25, 0.3) is 0 Å². The van der Waals surface area contributed by atoms with Crippen LogP contribution in [0, 0.1) is 5.92 Å². The molecule has 1 heterocycles. The van der Waals surface area contributed by atoms with E-state index in [4.69, 9.17) is 9.73 Å². The van der Waals surface area contributed by atoms with Crippen molar-refractivity contribution in [1.82, 2.24) is 20.4 Å². The van der Waals surface area contributed by atoms with Gasteiger partial charge in [0.25, 0.3) is 0 Å². The van der Waals surface area contributed by atoms with Crippen LogP contribution >= 0.6 is 0 Å². The third-order valence-corrected chi connectivity index (χ3v) is 4.78. The van der Waals surface area contributed by atoms with Crippen molar-refractivity contribution in [2.45, 2.75) is 47.1 Å². The zero-order valence-electron chi connectivity index (χ0n) is 17.2. The van der Waals surface area contributed by atoms with Gasteiger partial charge in [0.05, 0.1) is 6.10 Å². The maximum absolute atomic E-state index is 5.80. The van der Waals surface area contributed by atoms with E-state index < -0.39 is 0 Å². The smallest absolute Gasteiger partial charge is 0.191 e. The molecule has 6 heteroatoms. The summed E-state index contributed by atoms with van der Waals surface area (Å²) in [4.78, 5) is 9.76. The summed E-state index contributed by atoms with van der Waals surface area (Å²) in [5, 5.41) is 6.81. The van der Waals surface area contributed by atoms with Gasteiger partial charge in [-0.05, 0) is 32.7 Å². The van der Waals surface area contributed by atoms with Crippen molar-refractivity contribution >= 4 is 5.96 Å². The molecule has 1 fully saturated rings. The fourth-order valence-corrected chi connectivity index (χ4v) is 3.13. The molecule has 0 aromatic rings. The lowest BCUT2D eigenvalue weighted by molar-refractivity contribution is 0.0266. The Morgan fingerprint density at radius 3 is 2.28 bits per heavy atom. The molecule has 0 aromatic heterocycles. The Bertz CT molecular complexity index is 354. The van der Waals surface area contributed by atoms with Crippen molar-refractivity contribution in [2.24, 2.45) is 10.9 Å². The SMILES string of the molecule is CCNC(=NCCC(OCC)C(C)C)NCCN1CCN(CC)CC1. The van der Waals surface area contributed by atoms with Crippen molar-refractivity contribution in [3.63, 3.8) is 0 Å². The third-order valence-electron chi connectivity index (χ3n) is 4.78. The van der Waals surface area contributed by atoms with E-state index in [1.165, 1.54) is 32.7 Å². The Labute approximate surface area is 155 Å². The minimum atomic E-state index is 0.298. The van der Waals surface area contributed by atoms with E-state index >= 15 is 0 Å². The van der Waals surface area contributed by atoms with Crippen molar-refractivity contribution in [3.05, 3.63) is 0 Å². The molecule has 0 amide bonds. The number of aliphatic imine (C=N–C) groups is 1. The first-order valence-electron chi connectivity index (χ1n) is 10.2. The zero-order chi connectivity index (χ0) is 18.5. The molecule has 1 rings (SSSR count). The molecule has 1 saturated heterocycles. The van der Waals surface area contributed by atoms with Crippen LogP contribution in [0.5, 0.6) is 0 Å². The molecule has 1 aliphatic rings. The summed E-state index contributed by atoms with van der Waals surface area (Å²) in [5.74, 6) is 1.46. The summed E-state index contributed by atoms with van der Waals surface area (Å²) in [6.07, 6.45) is 1.27. The van der Waals surface area contributed by atoms with Gasteiger partial charge in [-0.15, -0.1) is 0 Å². The summed E-state index contributed by atoms with van der Waals surface area (Å²) in [6.45, 7) is 21.2. The number of guanidine groups is 1. The number of hydrogen-bond acceptors (Lipinski definition) is 4. The second-order valence-electron chi connectivity index (χ2n) is 6.99. The quantitative estimate of drug-likeness (QED) is 0.436. The highest BCUT2D eigenvalue weighted by Crippen LogP contribution is 2.10. The summed E-state index contributed by atoms with van der Waals surface area (Å²) >= 11 is 0. The second-order valence-corrected chi connectivity index (χ2v) is 6.99. The summed E-state index contributed by atoms with van der Waals surface area (Å²) in [6, 6.07) is 0. The van der Waals surface area contributed by atoms with Crippen LogP contribution in [0.15, 0.2) is 4.99 Å². The Balaban J connectivity index is 2.30. The van der Waals surface area contributed by atoms with Gasteiger partial charge >= 0.3 is 0 Å². The maximum Gasteiger partial charge on any atom is 0.191 e. The highest BCUT2D eigenvalue weighted by atomic mass is 16.5. The predicted molar refractivity (Wildman–Crippen MR) is 107 cm³/mol. The molecule has 1 atom stereocenters. The standard InChI is InChI=1S/C19H41N5O/c1-6-20-19(21-10-9-18(17(4)5)25-8-3)22-11-12-24-15-13-23(7-2)14-16-24/h17-18H,6-16H2,1-5H3,(H2,20,21,22). The van der Waals surface area contributed by atoms with Crippen LogP contribution < -0.4 is 10.6 Å². The number of nitrogens with one attached hydrogen (secondary N) is 2. The fourth-order valence-electron chi connectivity index (χ4n) is 3.13. The van der Waals surface area contributed by atoms with Crippen LogP contribution in [-0.4, -0.2) is 87.4 Å².